The van der Waals surface area contributed by atoms with Gasteiger partial charge in [0.15, 0.2) is 5.72 Å². The fourth-order valence-electron chi connectivity index (χ4n) is 2.62. The molecular weight excluding hydrogens is 322 g/mol. The van der Waals surface area contributed by atoms with Gasteiger partial charge in [-0.15, -0.1) is 0 Å². The normalized spacial score (nSPS) is 24.7. The van der Waals surface area contributed by atoms with E-state index in [1.807, 2.05) is 51.1 Å². The maximum atomic E-state index is 12.6. The lowest BCUT2D eigenvalue weighted by molar-refractivity contribution is -0.165. The van der Waals surface area contributed by atoms with Crippen molar-refractivity contribution >= 4 is 6.09 Å². The standard InChI is InChI=1S/C19H29NO5/c1-18(2,3)25-17(22)20-12-16(21)10-11-24-19(20,4)14-23-13-15-8-6-5-7-9-15/h5-9,16,21H,10-14H2,1-4H3/t16-,19+/m1/s1. The molecule has 2 atom stereocenters. The number of hydrogen-bond donors (Lipinski definition) is 1. The number of hydrogen-bond acceptors (Lipinski definition) is 5. The van der Waals surface area contributed by atoms with Crippen LogP contribution in [0, 0.1) is 0 Å². The molecule has 0 aromatic heterocycles. The Morgan fingerprint density at radius 1 is 1.36 bits per heavy atom. The maximum Gasteiger partial charge on any atom is 0.412 e. The smallest absolute Gasteiger partial charge is 0.412 e. The van der Waals surface area contributed by atoms with Gasteiger partial charge in [0.2, 0.25) is 0 Å². The molecule has 6 heteroatoms. The highest BCUT2D eigenvalue weighted by atomic mass is 16.6. The summed E-state index contributed by atoms with van der Waals surface area (Å²) in [5.74, 6) is 0. The van der Waals surface area contributed by atoms with E-state index in [0.717, 1.165) is 5.56 Å². The maximum absolute atomic E-state index is 12.6. The number of carbonyl (C=O) groups is 1. The summed E-state index contributed by atoms with van der Waals surface area (Å²) in [6, 6.07) is 9.81. The minimum Gasteiger partial charge on any atom is -0.444 e. The summed E-state index contributed by atoms with van der Waals surface area (Å²) in [6.45, 7) is 8.33. The number of aliphatic hydroxyl groups excluding tert-OH is 1. The van der Waals surface area contributed by atoms with Crippen LogP contribution in [0.15, 0.2) is 30.3 Å². The first-order valence-corrected chi connectivity index (χ1v) is 8.64. The van der Waals surface area contributed by atoms with Gasteiger partial charge in [0.05, 0.1) is 32.5 Å². The Balaban J connectivity index is 2.07. The van der Waals surface area contributed by atoms with Crippen molar-refractivity contribution in [3.05, 3.63) is 35.9 Å². The number of carbonyl (C=O) groups excluding carboxylic acids is 1. The molecule has 1 N–H and O–H groups in total. The van der Waals surface area contributed by atoms with Gasteiger partial charge < -0.3 is 19.3 Å². The van der Waals surface area contributed by atoms with E-state index in [1.54, 1.807) is 6.92 Å². The van der Waals surface area contributed by atoms with Gasteiger partial charge in [-0.1, -0.05) is 30.3 Å². The summed E-state index contributed by atoms with van der Waals surface area (Å²) in [6.07, 6.45) is -0.698. The second kappa shape index (κ2) is 8.17. The number of ether oxygens (including phenoxy) is 3. The molecule has 1 fully saturated rings. The van der Waals surface area contributed by atoms with Gasteiger partial charge in [-0.3, -0.25) is 4.90 Å². The summed E-state index contributed by atoms with van der Waals surface area (Å²) in [4.78, 5) is 14.0. The number of rotatable bonds is 4. The summed E-state index contributed by atoms with van der Waals surface area (Å²) in [7, 11) is 0. The fourth-order valence-corrected chi connectivity index (χ4v) is 2.62. The molecule has 6 nitrogen and oxygen atoms in total. The quantitative estimate of drug-likeness (QED) is 0.903. The van der Waals surface area contributed by atoms with Crippen LogP contribution in [0.25, 0.3) is 0 Å². The first-order valence-electron chi connectivity index (χ1n) is 8.64. The van der Waals surface area contributed by atoms with E-state index in [0.29, 0.717) is 19.6 Å². The van der Waals surface area contributed by atoms with Gasteiger partial charge in [-0.2, -0.15) is 0 Å². The highest BCUT2D eigenvalue weighted by Crippen LogP contribution is 2.25. The van der Waals surface area contributed by atoms with Gasteiger partial charge in [0, 0.05) is 0 Å². The summed E-state index contributed by atoms with van der Waals surface area (Å²) < 4.78 is 17.2. The molecule has 2 rings (SSSR count). The van der Waals surface area contributed by atoms with Crippen LogP contribution in [0.5, 0.6) is 0 Å². The third-order valence-corrected chi connectivity index (χ3v) is 3.92. The van der Waals surface area contributed by atoms with Crippen LogP contribution in [-0.2, 0) is 20.8 Å². The SMILES string of the molecule is CC(C)(C)OC(=O)N1C[C@H](O)CCO[C@@]1(C)COCc1ccccc1. The average Bonchev–Trinajstić information content (AvgIpc) is 2.66. The molecule has 140 valence electrons. The largest absolute Gasteiger partial charge is 0.444 e. The van der Waals surface area contributed by atoms with E-state index >= 15 is 0 Å². The van der Waals surface area contributed by atoms with E-state index in [4.69, 9.17) is 14.2 Å². The van der Waals surface area contributed by atoms with Crippen LogP contribution >= 0.6 is 0 Å². The number of aliphatic hydroxyl groups is 1. The van der Waals surface area contributed by atoms with Gasteiger partial charge in [0.1, 0.15) is 5.60 Å². The number of benzene rings is 1. The number of nitrogens with zero attached hydrogens (tertiary/aromatic N) is 1. The van der Waals surface area contributed by atoms with E-state index in [1.165, 1.54) is 4.90 Å². The number of amides is 1. The van der Waals surface area contributed by atoms with E-state index in [9.17, 15) is 9.90 Å². The first-order chi connectivity index (χ1) is 11.7. The molecule has 1 heterocycles. The zero-order chi connectivity index (χ0) is 18.5. The van der Waals surface area contributed by atoms with Gasteiger partial charge in [-0.25, -0.2) is 4.79 Å². The predicted octanol–water partition coefficient (Wildman–Crippen LogP) is 2.94. The Morgan fingerprint density at radius 3 is 2.68 bits per heavy atom. The van der Waals surface area contributed by atoms with Crippen LogP contribution in [0.1, 0.15) is 39.7 Å². The molecule has 1 aromatic rings. The first kappa shape index (κ1) is 19.7. The van der Waals surface area contributed by atoms with Crippen LogP contribution < -0.4 is 0 Å². The molecule has 0 spiro atoms. The van der Waals surface area contributed by atoms with E-state index < -0.39 is 23.5 Å². The summed E-state index contributed by atoms with van der Waals surface area (Å²) in [5, 5.41) is 10.1. The van der Waals surface area contributed by atoms with Crippen LogP contribution in [0.3, 0.4) is 0 Å². The highest BCUT2D eigenvalue weighted by Gasteiger charge is 2.42. The lowest BCUT2D eigenvalue weighted by atomic mass is 10.2. The molecular formula is C19H29NO5. The third-order valence-electron chi connectivity index (χ3n) is 3.92. The highest BCUT2D eigenvalue weighted by molar-refractivity contribution is 5.69. The number of β-amino-alcohol motifs (C(OH)–C–C–N with tert-alkyl or cyclic N) is 1. The minimum atomic E-state index is -0.991. The van der Waals surface area contributed by atoms with Crippen molar-refractivity contribution < 1.29 is 24.1 Å². The molecule has 0 aliphatic carbocycles. The van der Waals surface area contributed by atoms with Crippen molar-refractivity contribution in [1.82, 2.24) is 4.90 Å². The average molecular weight is 351 g/mol. The molecule has 0 radical (unpaired) electrons. The molecule has 1 aromatic carbocycles. The van der Waals surface area contributed by atoms with Gasteiger partial charge >= 0.3 is 6.09 Å². The van der Waals surface area contributed by atoms with Crippen molar-refractivity contribution in [2.24, 2.45) is 0 Å². The predicted molar refractivity (Wildman–Crippen MR) is 94.0 cm³/mol. The topological polar surface area (TPSA) is 68.2 Å². The lowest BCUT2D eigenvalue weighted by Gasteiger charge is -2.39. The molecule has 25 heavy (non-hydrogen) atoms. The van der Waals surface area contributed by atoms with Gasteiger partial charge in [0.25, 0.3) is 0 Å². The van der Waals surface area contributed by atoms with Crippen LogP contribution in [0.4, 0.5) is 4.79 Å². The van der Waals surface area contributed by atoms with E-state index in [-0.39, 0.29) is 13.2 Å². The summed E-state index contributed by atoms with van der Waals surface area (Å²) >= 11 is 0. The van der Waals surface area contributed by atoms with Crippen LogP contribution in [-0.4, -0.2) is 53.3 Å². The van der Waals surface area contributed by atoms with Crippen LogP contribution in [0.2, 0.25) is 0 Å². The zero-order valence-electron chi connectivity index (χ0n) is 15.5. The third kappa shape index (κ3) is 5.99. The van der Waals surface area contributed by atoms with Gasteiger partial charge in [-0.05, 0) is 39.7 Å². The second-order valence-corrected chi connectivity index (χ2v) is 7.54. The molecule has 0 bridgehead atoms. The Bertz CT molecular complexity index is 557. The zero-order valence-corrected chi connectivity index (χ0v) is 15.5. The summed E-state index contributed by atoms with van der Waals surface area (Å²) in [5.41, 5.74) is -0.571. The molecule has 0 unspecified atom stereocenters. The Kier molecular flexibility index (Phi) is 6.43. The van der Waals surface area contributed by atoms with Crippen molar-refractivity contribution in [2.75, 3.05) is 19.8 Å². The molecule has 1 amide bonds. The molecule has 0 saturated carbocycles. The molecule has 1 aliphatic rings. The van der Waals surface area contributed by atoms with E-state index in [2.05, 4.69) is 0 Å². The lowest BCUT2D eigenvalue weighted by Crippen LogP contribution is -2.56. The van der Waals surface area contributed by atoms with Crippen molar-refractivity contribution in [1.29, 1.82) is 0 Å². The minimum absolute atomic E-state index is 0.153. The molecule has 1 aliphatic heterocycles. The van der Waals surface area contributed by atoms with Crippen molar-refractivity contribution in [3.8, 4) is 0 Å². The monoisotopic (exact) mass is 351 g/mol. The fraction of sp³-hybridized carbons (Fsp3) is 0.632. The Hall–Kier alpha value is -1.63. The second-order valence-electron chi connectivity index (χ2n) is 7.54. The van der Waals surface area contributed by atoms with Crippen molar-refractivity contribution in [3.63, 3.8) is 0 Å². The Morgan fingerprint density at radius 2 is 2.04 bits per heavy atom. The van der Waals surface area contributed by atoms with Crippen molar-refractivity contribution in [2.45, 2.75) is 58.2 Å². The molecule has 1 saturated heterocycles. The Labute approximate surface area is 149 Å².